The smallest absolute Gasteiger partial charge is 0.258 e. The lowest BCUT2D eigenvalue weighted by atomic mass is 10.1. The molecular formula is C14H14N4O2. The van der Waals surface area contributed by atoms with Crippen LogP contribution in [0.2, 0.25) is 0 Å². The van der Waals surface area contributed by atoms with Crippen LogP contribution in [-0.4, -0.2) is 29.5 Å². The fourth-order valence-electron chi connectivity index (χ4n) is 1.61. The highest BCUT2D eigenvalue weighted by Crippen LogP contribution is 2.19. The molecule has 0 saturated carbocycles. The van der Waals surface area contributed by atoms with Gasteiger partial charge in [0.1, 0.15) is 5.75 Å². The van der Waals surface area contributed by atoms with Crippen LogP contribution in [0.3, 0.4) is 0 Å². The van der Waals surface area contributed by atoms with Crippen LogP contribution < -0.4 is 15.8 Å². The van der Waals surface area contributed by atoms with Gasteiger partial charge < -0.3 is 15.5 Å². The average Bonchev–Trinajstić information content (AvgIpc) is 2.97. The van der Waals surface area contributed by atoms with Crippen molar-refractivity contribution in [3.05, 3.63) is 41.7 Å². The molecule has 0 unspecified atom stereocenters. The minimum absolute atomic E-state index is 0.242. The SMILES string of the molecule is COc1ccc(C(=O)Nc2ncc[nH]2)cc1C#CCN. The highest BCUT2D eigenvalue weighted by Gasteiger charge is 2.10. The van der Waals surface area contributed by atoms with Gasteiger partial charge in [-0.15, -0.1) is 0 Å². The maximum absolute atomic E-state index is 12.1. The molecule has 0 radical (unpaired) electrons. The Morgan fingerprint density at radius 1 is 1.55 bits per heavy atom. The lowest BCUT2D eigenvalue weighted by molar-refractivity contribution is 0.102. The van der Waals surface area contributed by atoms with Crippen LogP contribution in [0, 0.1) is 11.8 Å². The van der Waals surface area contributed by atoms with Crippen LogP contribution in [0.4, 0.5) is 5.95 Å². The summed E-state index contributed by atoms with van der Waals surface area (Å²) in [6.07, 6.45) is 3.18. The number of nitrogens with two attached hydrogens (primary N) is 1. The number of hydrogen-bond acceptors (Lipinski definition) is 4. The number of rotatable bonds is 3. The maximum Gasteiger partial charge on any atom is 0.258 e. The van der Waals surface area contributed by atoms with Crippen LogP contribution in [-0.2, 0) is 0 Å². The molecule has 20 heavy (non-hydrogen) atoms. The molecule has 0 saturated heterocycles. The van der Waals surface area contributed by atoms with E-state index in [0.29, 0.717) is 22.8 Å². The molecule has 2 rings (SSSR count). The molecule has 6 heteroatoms. The molecule has 1 amide bonds. The van der Waals surface area contributed by atoms with Crippen LogP contribution in [0.25, 0.3) is 0 Å². The second-order valence-electron chi connectivity index (χ2n) is 3.81. The molecule has 1 heterocycles. The maximum atomic E-state index is 12.1. The van der Waals surface area contributed by atoms with Gasteiger partial charge in [-0.3, -0.25) is 10.1 Å². The van der Waals surface area contributed by atoms with E-state index in [1.165, 1.54) is 0 Å². The van der Waals surface area contributed by atoms with Gasteiger partial charge >= 0.3 is 0 Å². The molecule has 102 valence electrons. The number of aromatic nitrogens is 2. The number of hydrogen-bond donors (Lipinski definition) is 3. The molecule has 1 aromatic heterocycles. The van der Waals surface area contributed by atoms with Gasteiger partial charge in [-0.25, -0.2) is 4.98 Å². The van der Waals surface area contributed by atoms with Crippen molar-refractivity contribution in [1.29, 1.82) is 0 Å². The molecule has 4 N–H and O–H groups in total. The number of ether oxygens (including phenoxy) is 1. The molecule has 0 atom stereocenters. The van der Waals surface area contributed by atoms with Crippen molar-refractivity contribution < 1.29 is 9.53 Å². The average molecular weight is 270 g/mol. The monoisotopic (exact) mass is 270 g/mol. The van der Waals surface area contributed by atoms with E-state index < -0.39 is 0 Å². The van der Waals surface area contributed by atoms with Crippen molar-refractivity contribution >= 4 is 11.9 Å². The zero-order chi connectivity index (χ0) is 14.4. The summed E-state index contributed by atoms with van der Waals surface area (Å²) in [4.78, 5) is 18.8. The number of carbonyl (C=O) groups is 1. The van der Waals surface area contributed by atoms with Crippen LogP contribution in [0.15, 0.2) is 30.6 Å². The minimum atomic E-state index is -0.279. The molecule has 6 nitrogen and oxygen atoms in total. The summed E-state index contributed by atoms with van der Waals surface area (Å²) in [6, 6.07) is 5.00. The Morgan fingerprint density at radius 2 is 2.40 bits per heavy atom. The second kappa shape index (κ2) is 6.41. The Hall–Kier alpha value is -2.78. The van der Waals surface area contributed by atoms with E-state index >= 15 is 0 Å². The number of H-pyrrole nitrogens is 1. The number of imidazole rings is 1. The quantitative estimate of drug-likeness (QED) is 0.725. The summed E-state index contributed by atoms with van der Waals surface area (Å²) in [5, 5.41) is 2.64. The van der Waals surface area contributed by atoms with E-state index in [0.717, 1.165) is 0 Å². The molecule has 2 aromatic rings. The lowest BCUT2D eigenvalue weighted by Crippen LogP contribution is -2.13. The Kier molecular flexibility index (Phi) is 4.37. The van der Waals surface area contributed by atoms with Gasteiger partial charge in [-0.2, -0.15) is 0 Å². The Morgan fingerprint density at radius 3 is 3.05 bits per heavy atom. The fraction of sp³-hybridized carbons (Fsp3) is 0.143. The van der Waals surface area contributed by atoms with Gasteiger partial charge in [0.05, 0.1) is 19.2 Å². The highest BCUT2D eigenvalue weighted by molar-refractivity contribution is 6.03. The summed E-state index contributed by atoms with van der Waals surface area (Å²) in [7, 11) is 1.55. The van der Waals surface area contributed by atoms with E-state index in [1.807, 2.05) is 0 Å². The largest absolute Gasteiger partial charge is 0.495 e. The molecule has 1 aromatic carbocycles. The fourth-order valence-corrected chi connectivity index (χ4v) is 1.61. The molecule has 0 aliphatic rings. The van der Waals surface area contributed by atoms with Crippen molar-refractivity contribution in [2.24, 2.45) is 5.73 Å². The van der Waals surface area contributed by atoms with E-state index in [-0.39, 0.29) is 12.5 Å². The number of nitrogens with zero attached hydrogens (tertiary/aromatic N) is 1. The van der Waals surface area contributed by atoms with Gasteiger partial charge in [-0.05, 0) is 18.2 Å². The van der Waals surface area contributed by atoms with Gasteiger partial charge in [-0.1, -0.05) is 11.8 Å². The van der Waals surface area contributed by atoms with E-state index in [2.05, 4.69) is 27.1 Å². The van der Waals surface area contributed by atoms with Gasteiger partial charge in [0.15, 0.2) is 0 Å². The third kappa shape index (κ3) is 3.16. The predicted molar refractivity (Wildman–Crippen MR) is 75.5 cm³/mol. The number of anilines is 1. The number of amides is 1. The summed E-state index contributed by atoms with van der Waals surface area (Å²) < 4.78 is 5.19. The second-order valence-corrected chi connectivity index (χ2v) is 3.81. The molecule has 0 aliphatic carbocycles. The van der Waals surface area contributed by atoms with E-state index in [4.69, 9.17) is 10.5 Å². The first-order valence-electron chi connectivity index (χ1n) is 5.92. The highest BCUT2D eigenvalue weighted by atomic mass is 16.5. The molecular weight excluding hydrogens is 256 g/mol. The third-order valence-corrected chi connectivity index (χ3v) is 2.52. The number of benzene rings is 1. The van der Waals surface area contributed by atoms with Gasteiger partial charge in [0.25, 0.3) is 5.91 Å². The third-order valence-electron chi connectivity index (χ3n) is 2.52. The molecule has 0 fully saturated rings. The van der Waals surface area contributed by atoms with Gasteiger partial charge in [0.2, 0.25) is 5.95 Å². The first kappa shape index (κ1) is 13.6. The summed E-state index contributed by atoms with van der Waals surface area (Å²) in [5.41, 5.74) is 6.43. The molecule has 0 bridgehead atoms. The number of methoxy groups -OCH3 is 1. The van der Waals surface area contributed by atoms with Crippen molar-refractivity contribution in [2.45, 2.75) is 0 Å². The molecule has 0 aliphatic heterocycles. The Balaban J connectivity index is 2.26. The topological polar surface area (TPSA) is 93.0 Å². The molecule has 0 spiro atoms. The number of aromatic amines is 1. The summed E-state index contributed by atoms with van der Waals surface area (Å²) in [5.74, 6) is 6.32. The van der Waals surface area contributed by atoms with Crippen molar-refractivity contribution in [3.8, 4) is 17.6 Å². The first-order chi connectivity index (χ1) is 9.74. The van der Waals surface area contributed by atoms with Crippen LogP contribution in [0.1, 0.15) is 15.9 Å². The first-order valence-corrected chi connectivity index (χ1v) is 5.92. The van der Waals surface area contributed by atoms with Crippen molar-refractivity contribution in [2.75, 3.05) is 19.0 Å². The Labute approximate surface area is 116 Å². The minimum Gasteiger partial charge on any atom is -0.495 e. The predicted octanol–water partition coefficient (Wildman–Crippen LogP) is 0.981. The van der Waals surface area contributed by atoms with E-state index in [9.17, 15) is 4.79 Å². The van der Waals surface area contributed by atoms with Crippen molar-refractivity contribution in [1.82, 2.24) is 9.97 Å². The van der Waals surface area contributed by atoms with Gasteiger partial charge in [0, 0.05) is 18.0 Å². The number of nitrogens with one attached hydrogen (secondary N) is 2. The van der Waals surface area contributed by atoms with Crippen LogP contribution >= 0.6 is 0 Å². The Bertz CT molecular complexity index is 654. The lowest BCUT2D eigenvalue weighted by Gasteiger charge is -2.06. The summed E-state index contributed by atoms with van der Waals surface area (Å²) in [6.45, 7) is 0.242. The number of carbonyl (C=O) groups excluding carboxylic acids is 1. The standard InChI is InChI=1S/C14H14N4O2/c1-20-12-5-4-11(9-10(12)3-2-6-15)13(19)18-14-16-7-8-17-14/h4-5,7-9H,6,15H2,1H3,(H2,16,17,18,19). The van der Waals surface area contributed by atoms with Crippen molar-refractivity contribution in [3.63, 3.8) is 0 Å². The zero-order valence-electron chi connectivity index (χ0n) is 10.9. The zero-order valence-corrected chi connectivity index (χ0v) is 10.9. The summed E-state index contributed by atoms with van der Waals surface area (Å²) >= 11 is 0. The normalized spacial score (nSPS) is 9.50. The van der Waals surface area contributed by atoms with E-state index in [1.54, 1.807) is 37.7 Å². The van der Waals surface area contributed by atoms with Crippen LogP contribution in [0.5, 0.6) is 5.75 Å².